The number of rotatable bonds is 3. The van der Waals surface area contributed by atoms with Crippen LogP contribution >= 0.6 is 0 Å². The van der Waals surface area contributed by atoms with E-state index in [1.165, 1.54) is 32.1 Å². The molecule has 1 saturated heterocycles. The van der Waals surface area contributed by atoms with Crippen molar-refractivity contribution in [2.24, 2.45) is 17.8 Å². The zero-order valence-electron chi connectivity index (χ0n) is 11.8. The van der Waals surface area contributed by atoms with Crippen molar-refractivity contribution in [1.82, 2.24) is 4.90 Å². The Morgan fingerprint density at radius 1 is 1.05 bits per heavy atom. The minimum Gasteiger partial charge on any atom is -0.481 e. The normalized spacial score (nSPS) is 24.2. The third-order valence-corrected chi connectivity index (χ3v) is 4.77. The lowest BCUT2D eigenvalue weighted by molar-refractivity contribution is -0.152. The standard InChI is InChI=1S/C15H25NO3/c1-11(15(18)19)13-9-16(10-13)14(17)12-7-5-3-2-4-6-8-12/h11-13H,2-10H2,1H3,(H,18,19). The van der Waals surface area contributed by atoms with Gasteiger partial charge >= 0.3 is 5.97 Å². The van der Waals surface area contributed by atoms with E-state index in [1.807, 2.05) is 4.90 Å². The highest BCUT2D eigenvalue weighted by molar-refractivity contribution is 5.80. The smallest absolute Gasteiger partial charge is 0.306 e. The molecule has 0 aromatic rings. The molecule has 0 spiro atoms. The summed E-state index contributed by atoms with van der Waals surface area (Å²) >= 11 is 0. The molecule has 4 heteroatoms. The van der Waals surface area contributed by atoms with Crippen LogP contribution in [0.3, 0.4) is 0 Å². The molecule has 1 amide bonds. The maximum Gasteiger partial charge on any atom is 0.306 e. The van der Waals surface area contributed by atoms with E-state index < -0.39 is 5.97 Å². The molecule has 4 nitrogen and oxygen atoms in total. The Morgan fingerprint density at radius 2 is 1.58 bits per heavy atom. The number of amides is 1. The van der Waals surface area contributed by atoms with Gasteiger partial charge in [-0.2, -0.15) is 0 Å². The lowest BCUT2D eigenvalue weighted by Gasteiger charge is -2.43. The summed E-state index contributed by atoms with van der Waals surface area (Å²) in [5.41, 5.74) is 0. The van der Waals surface area contributed by atoms with E-state index in [2.05, 4.69) is 0 Å². The molecular formula is C15H25NO3. The molecule has 1 atom stereocenters. The first-order valence-electron chi connectivity index (χ1n) is 7.61. The fourth-order valence-electron chi connectivity index (χ4n) is 3.17. The van der Waals surface area contributed by atoms with Gasteiger partial charge in [-0.3, -0.25) is 9.59 Å². The Morgan fingerprint density at radius 3 is 2.11 bits per heavy atom. The summed E-state index contributed by atoms with van der Waals surface area (Å²) in [5, 5.41) is 8.96. The lowest BCUT2D eigenvalue weighted by atomic mass is 9.84. The predicted octanol–water partition coefficient (Wildman–Crippen LogP) is 2.53. The lowest BCUT2D eigenvalue weighted by Crippen LogP contribution is -2.55. The first-order valence-corrected chi connectivity index (χ1v) is 7.61. The highest BCUT2D eigenvalue weighted by Crippen LogP contribution is 2.29. The second-order valence-corrected chi connectivity index (χ2v) is 6.17. The fraction of sp³-hybridized carbons (Fsp3) is 0.867. The number of carbonyl (C=O) groups excluding carboxylic acids is 1. The molecule has 1 saturated carbocycles. The number of nitrogens with zero attached hydrogens (tertiary/aromatic N) is 1. The van der Waals surface area contributed by atoms with E-state index in [4.69, 9.17) is 5.11 Å². The molecule has 1 heterocycles. The summed E-state index contributed by atoms with van der Waals surface area (Å²) in [5.74, 6) is -0.462. The number of carboxylic acid groups (broad SMARTS) is 1. The van der Waals surface area contributed by atoms with Gasteiger partial charge in [0.1, 0.15) is 0 Å². The van der Waals surface area contributed by atoms with Gasteiger partial charge in [0.05, 0.1) is 5.92 Å². The maximum atomic E-state index is 12.4. The molecule has 108 valence electrons. The number of carboxylic acids is 1. The van der Waals surface area contributed by atoms with Crippen LogP contribution in [0, 0.1) is 17.8 Å². The van der Waals surface area contributed by atoms with Crippen molar-refractivity contribution in [3.63, 3.8) is 0 Å². The highest BCUT2D eigenvalue weighted by atomic mass is 16.4. The van der Waals surface area contributed by atoms with E-state index in [0.717, 1.165) is 12.8 Å². The van der Waals surface area contributed by atoms with Crippen molar-refractivity contribution in [3.05, 3.63) is 0 Å². The second kappa shape index (κ2) is 6.40. The van der Waals surface area contributed by atoms with Gasteiger partial charge in [0, 0.05) is 24.9 Å². The van der Waals surface area contributed by atoms with Crippen molar-refractivity contribution in [2.45, 2.75) is 51.9 Å². The van der Waals surface area contributed by atoms with Gasteiger partial charge in [0.2, 0.25) is 5.91 Å². The molecule has 0 radical (unpaired) electrons. The van der Waals surface area contributed by atoms with E-state index in [9.17, 15) is 9.59 Å². The fourth-order valence-corrected chi connectivity index (χ4v) is 3.17. The largest absolute Gasteiger partial charge is 0.481 e. The van der Waals surface area contributed by atoms with Crippen LogP contribution in [-0.4, -0.2) is 35.0 Å². The second-order valence-electron chi connectivity index (χ2n) is 6.17. The van der Waals surface area contributed by atoms with Crippen LogP contribution in [0.1, 0.15) is 51.9 Å². The van der Waals surface area contributed by atoms with Gasteiger partial charge in [-0.15, -0.1) is 0 Å². The number of likely N-dealkylation sites (tertiary alicyclic amines) is 1. The SMILES string of the molecule is CC(C(=O)O)C1CN(C(=O)C2CCCCCCC2)C1. The van der Waals surface area contributed by atoms with E-state index in [1.54, 1.807) is 6.92 Å². The van der Waals surface area contributed by atoms with Crippen LogP contribution in [0.15, 0.2) is 0 Å². The summed E-state index contributed by atoms with van der Waals surface area (Å²) in [7, 11) is 0. The van der Waals surface area contributed by atoms with Crippen molar-refractivity contribution in [3.8, 4) is 0 Å². The molecule has 2 aliphatic rings. The van der Waals surface area contributed by atoms with Crippen LogP contribution in [0.4, 0.5) is 0 Å². The van der Waals surface area contributed by atoms with Crippen molar-refractivity contribution >= 4 is 11.9 Å². The van der Waals surface area contributed by atoms with Crippen LogP contribution in [-0.2, 0) is 9.59 Å². The molecule has 19 heavy (non-hydrogen) atoms. The molecule has 2 rings (SSSR count). The Bertz CT molecular complexity index is 328. The number of aliphatic carboxylic acids is 1. The first kappa shape index (κ1) is 14.4. The molecule has 0 aromatic heterocycles. The van der Waals surface area contributed by atoms with E-state index in [-0.39, 0.29) is 23.7 Å². The molecule has 1 unspecified atom stereocenters. The van der Waals surface area contributed by atoms with E-state index in [0.29, 0.717) is 13.1 Å². The van der Waals surface area contributed by atoms with Crippen molar-refractivity contribution < 1.29 is 14.7 Å². The molecule has 0 bridgehead atoms. The predicted molar refractivity (Wildman–Crippen MR) is 72.7 cm³/mol. The molecule has 1 N–H and O–H groups in total. The highest BCUT2D eigenvalue weighted by Gasteiger charge is 2.38. The van der Waals surface area contributed by atoms with Gasteiger partial charge in [0.25, 0.3) is 0 Å². The summed E-state index contributed by atoms with van der Waals surface area (Å²) < 4.78 is 0. The molecule has 0 aromatic carbocycles. The number of hydrogen-bond acceptors (Lipinski definition) is 2. The zero-order chi connectivity index (χ0) is 13.8. The average Bonchev–Trinajstić information content (AvgIpc) is 2.25. The third kappa shape index (κ3) is 3.48. The quantitative estimate of drug-likeness (QED) is 0.855. The molecule has 1 aliphatic carbocycles. The third-order valence-electron chi connectivity index (χ3n) is 4.77. The summed E-state index contributed by atoms with van der Waals surface area (Å²) in [6.07, 6.45) is 8.19. The summed E-state index contributed by atoms with van der Waals surface area (Å²) in [6.45, 7) is 3.02. The first-order chi connectivity index (χ1) is 9.09. The van der Waals surface area contributed by atoms with Gasteiger partial charge in [-0.25, -0.2) is 0 Å². The van der Waals surface area contributed by atoms with E-state index >= 15 is 0 Å². The van der Waals surface area contributed by atoms with Gasteiger partial charge in [-0.1, -0.05) is 39.0 Å². The van der Waals surface area contributed by atoms with Gasteiger partial charge in [-0.05, 0) is 12.8 Å². The van der Waals surface area contributed by atoms with Crippen LogP contribution in [0.25, 0.3) is 0 Å². The summed E-state index contributed by atoms with van der Waals surface area (Å²) in [4.78, 5) is 25.1. The summed E-state index contributed by atoms with van der Waals surface area (Å²) in [6, 6.07) is 0. The molecular weight excluding hydrogens is 242 g/mol. The average molecular weight is 267 g/mol. The Labute approximate surface area is 115 Å². The maximum absolute atomic E-state index is 12.4. The molecule has 1 aliphatic heterocycles. The monoisotopic (exact) mass is 267 g/mol. The number of hydrogen-bond donors (Lipinski definition) is 1. The van der Waals surface area contributed by atoms with Crippen LogP contribution < -0.4 is 0 Å². The number of carbonyl (C=O) groups is 2. The van der Waals surface area contributed by atoms with Gasteiger partial charge in [0.15, 0.2) is 0 Å². The van der Waals surface area contributed by atoms with Gasteiger partial charge < -0.3 is 10.0 Å². The Hall–Kier alpha value is -1.06. The van der Waals surface area contributed by atoms with Crippen molar-refractivity contribution in [2.75, 3.05) is 13.1 Å². The van der Waals surface area contributed by atoms with Crippen LogP contribution in [0.2, 0.25) is 0 Å². The zero-order valence-corrected chi connectivity index (χ0v) is 11.8. The Balaban J connectivity index is 1.79. The Kier molecular flexibility index (Phi) is 4.83. The topological polar surface area (TPSA) is 57.6 Å². The minimum atomic E-state index is -0.747. The van der Waals surface area contributed by atoms with Crippen molar-refractivity contribution in [1.29, 1.82) is 0 Å². The molecule has 2 fully saturated rings. The minimum absolute atomic E-state index is 0.148. The van der Waals surface area contributed by atoms with Crippen LogP contribution in [0.5, 0.6) is 0 Å².